The molecular weight excluding hydrogens is 468 g/mol. The van der Waals surface area contributed by atoms with Gasteiger partial charge < -0.3 is 25.4 Å². The number of aliphatic carboxylic acids is 1. The monoisotopic (exact) mass is 510 g/mol. The van der Waals surface area contributed by atoms with E-state index >= 15 is 0 Å². The van der Waals surface area contributed by atoms with Crippen molar-refractivity contribution in [3.05, 3.63) is 59.3 Å². The minimum atomic E-state index is -1.02. The zero-order valence-electron chi connectivity index (χ0n) is 22.5. The van der Waals surface area contributed by atoms with Crippen LogP contribution in [0.3, 0.4) is 0 Å². The van der Waals surface area contributed by atoms with Gasteiger partial charge >= 0.3 is 5.97 Å². The van der Waals surface area contributed by atoms with Gasteiger partial charge in [-0.25, -0.2) is 9.78 Å². The van der Waals surface area contributed by atoms with Gasteiger partial charge in [-0.05, 0) is 89.1 Å². The summed E-state index contributed by atoms with van der Waals surface area (Å²) >= 11 is 0. The van der Waals surface area contributed by atoms with Gasteiger partial charge in [-0.1, -0.05) is 24.3 Å². The number of hydrogen-bond donors (Lipinski definition) is 3. The van der Waals surface area contributed by atoms with Crippen molar-refractivity contribution in [2.45, 2.75) is 70.4 Å². The maximum atomic E-state index is 12.5. The number of nitrogens with zero attached hydrogens (tertiary/aromatic N) is 2. The van der Waals surface area contributed by atoms with Crippen LogP contribution in [0.1, 0.15) is 67.6 Å². The van der Waals surface area contributed by atoms with Gasteiger partial charge in [0.2, 0.25) is 0 Å². The Kier molecular flexibility index (Phi) is 10.9. The summed E-state index contributed by atoms with van der Waals surface area (Å²) in [5, 5.41) is 15.8. The number of carboxylic acids is 1. The van der Waals surface area contributed by atoms with Crippen LogP contribution in [-0.4, -0.2) is 71.8 Å². The highest BCUT2D eigenvalue weighted by Gasteiger charge is 2.23. The highest BCUT2D eigenvalue weighted by molar-refractivity contribution is 5.96. The first kappa shape index (κ1) is 28.6. The fraction of sp³-hybridized carbons (Fsp3) is 0.552. The number of carbonyl (C=O) groups is 2. The van der Waals surface area contributed by atoms with E-state index in [0.29, 0.717) is 18.5 Å². The molecular formula is C29H42N4O4. The molecule has 1 aromatic heterocycles. The van der Waals surface area contributed by atoms with Gasteiger partial charge in [-0.2, -0.15) is 0 Å². The molecule has 0 aliphatic carbocycles. The van der Waals surface area contributed by atoms with Crippen molar-refractivity contribution in [2.75, 3.05) is 38.6 Å². The summed E-state index contributed by atoms with van der Waals surface area (Å²) in [4.78, 5) is 31.5. The van der Waals surface area contributed by atoms with Crippen LogP contribution in [0.25, 0.3) is 0 Å². The predicted molar refractivity (Wildman–Crippen MR) is 146 cm³/mol. The van der Waals surface area contributed by atoms with E-state index < -0.39 is 12.0 Å². The molecule has 3 rings (SSSR count). The first-order chi connectivity index (χ1) is 17.8. The van der Waals surface area contributed by atoms with Crippen molar-refractivity contribution in [3.63, 3.8) is 0 Å². The number of benzene rings is 1. The number of ether oxygens (including phenoxy) is 1. The van der Waals surface area contributed by atoms with Gasteiger partial charge in [0, 0.05) is 38.0 Å². The number of methoxy groups -OCH3 is 1. The lowest BCUT2D eigenvalue weighted by atomic mass is 10.0. The molecule has 0 bridgehead atoms. The molecule has 0 radical (unpaired) electrons. The number of rotatable bonds is 15. The van der Waals surface area contributed by atoms with Crippen LogP contribution in [0.5, 0.6) is 0 Å². The summed E-state index contributed by atoms with van der Waals surface area (Å²) in [5.74, 6) is -0.356. The molecule has 0 saturated carbocycles. The highest BCUT2D eigenvalue weighted by atomic mass is 16.5. The van der Waals surface area contributed by atoms with E-state index in [2.05, 4.69) is 41.5 Å². The largest absolute Gasteiger partial charge is 0.480 e. The molecule has 202 valence electrons. The topological polar surface area (TPSA) is 104 Å². The molecule has 8 nitrogen and oxygen atoms in total. The number of pyridine rings is 1. The normalized spacial score (nSPS) is 14.1. The third kappa shape index (κ3) is 9.44. The first-order valence-electron chi connectivity index (χ1n) is 13.4. The van der Waals surface area contributed by atoms with Crippen LogP contribution >= 0.6 is 0 Å². The standard InChI is InChI=1S/C29H42N4O4/c1-29(2,37-3)17-21-33(19-8-7-13-24-15-14-22-12-9-18-30-26(22)31-24)20-16-25(28(35)36)32-27(34)23-10-5-4-6-11-23/h4-6,10-11,14-15,25H,7-9,12-13,16-21H2,1-3H3,(H,30,31)(H,32,34)(H,35,36). The summed E-state index contributed by atoms with van der Waals surface area (Å²) in [6, 6.07) is 12.1. The minimum Gasteiger partial charge on any atom is -0.480 e. The summed E-state index contributed by atoms with van der Waals surface area (Å²) in [5.41, 5.74) is 2.61. The maximum absolute atomic E-state index is 12.5. The maximum Gasteiger partial charge on any atom is 0.326 e. The Bertz CT molecular complexity index is 1010. The second-order valence-corrected chi connectivity index (χ2v) is 10.4. The van der Waals surface area contributed by atoms with Crippen molar-refractivity contribution < 1.29 is 19.4 Å². The fourth-order valence-electron chi connectivity index (χ4n) is 4.41. The molecule has 8 heteroatoms. The van der Waals surface area contributed by atoms with E-state index in [0.717, 1.165) is 69.7 Å². The third-order valence-electron chi connectivity index (χ3n) is 7.07. The first-order valence-corrected chi connectivity index (χ1v) is 13.4. The summed E-state index contributed by atoms with van der Waals surface area (Å²) < 4.78 is 5.59. The van der Waals surface area contributed by atoms with Crippen molar-refractivity contribution in [2.24, 2.45) is 0 Å². The van der Waals surface area contributed by atoms with Gasteiger partial charge in [0.15, 0.2) is 0 Å². The lowest BCUT2D eigenvalue weighted by Gasteiger charge is -2.29. The third-order valence-corrected chi connectivity index (χ3v) is 7.07. The Labute approximate surface area is 220 Å². The number of nitrogens with one attached hydrogen (secondary N) is 2. The lowest BCUT2D eigenvalue weighted by Crippen LogP contribution is -2.43. The Hall–Kier alpha value is -2.97. The smallest absolute Gasteiger partial charge is 0.326 e. The zero-order chi connectivity index (χ0) is 26.7. The fourth-order valence-corrected chi connectivity index (χ4v) is 4.41. The Balaban J connectivity index is 1.53. The molecule has 37 heavy (non-hydrogen) atoms. The van der Waals surface area contributed by atoms with Crippen LogP contribution in [0.15, 0.2) is 42.5 Å². The molecule has 1 aliphatic rings. The van der Waals surface area contributed by atoms with E-state index in [1.807, 2.05) is 6.07 Å². The second kappa shape index (κ2) is 14.1. The number of aryl methyl sites for hydroxylation is 2. The predicted octanol–water partition coefficient (Wildman–Crippen LogP) is 4.15. The summed E-state index contributed by atoms with van der Waals surface area (Å²) in [6.07, 6.45) is 6.30. The highest BCUT2D eigenvalue weighted by Crippen LogP contribution is 2.20. The van der Waals surface area contributed by atoms with Crippen LogP contribution in [0.2, 0.25) is 0 Å². The van der Waals surface area contributed by atoms with E-state index in [9.17, 15) is 14.7 Å². The van der Waals surface area contributed by atoms with Crippen molar-refractivity contribution >= 4 is 17.7 Å². The van der Waals surface area contributed by atoms with Gasteiger partial charge in [-0.15, -0.1) is 0 Å². The number of anilines is 1. The van der Waals surface area contributed by atoms with Crippen molar-refractivity contribution in [1.82, 2.24) is 15.2 Å². The van der Waals surface area contributed by atoms with Crippen LogP contribution in [0, 0.1) is 0 Å². The molecule has 1 amide bonds. The molecule has 0 fully saturated rings. The van der Waals surface area contributed by atoms with Crippen LogP contribution < -0.4 is 10.6 Å². The van der Waals surface area contributed by atoms with Gasteiger partial charge in [-0.3, -0.25) is 4.79 Å². The average Bonchev–Trinajstić information content (AvgIpc) is 2.91. The second-order valence-electron chi connectivity index (χ2n) is 10.4. The lowest BCUT2D eigenvalue weighted by molar-refractivity contribution is -0.139. The Morgan fingerprint density at radius 1 is 1.14 bits per heavy atom. The number of amides is 1. The minimum absolute atomic E-state index is 0.258. The van der Waals surface area contributed by atoms with E-state index in [4.69, 9.17) is 9.72 Å². The number of fused-ring (bicyclic) bond motifs is 1. The number of carbonyl (C=O) groups excluding carboxylic acids is 1. The molecule has 0 spiro atoms. The summed E-state index contributed by atoms with van der Waals surface area (Å²) in [6.45, 7) is 7.32. The molecule has 1 atom stereocenters. The number of unbranched alkanes of at least 4 members (excludes halogenated alkanes) is 1. The molecule has 2 heterocycles. The Morgan fingerprint density at radius 3 is 2.65 bits per heavy atom. The SMILES string of the molecule is COC(C)(C)CCN(CCCCc1ccc2c(n1)NCCC2)CCC(NC(=O)c1ccccc1)C(=O)O. The van der Waals surface area contributed by atoms with E-state index in [1.165, 1.54) is 5.56 Å². The molecule has 1 aliphatic heterocycles. The van der Waals surface area contributed by atoms with Crippen LogP contribution in [-0.2, 0) is 22.4 Å². The van der Waals surface area contributed by atoms with Gasteiger partial charge in [0.25, 0.3) is 5.91 Å². The van der Waals surface area contributed by atoms with Gasteiger partial charge in [0.1, 0.15) is 11.9 Å². The number of carboxylic acid groups (broad SMARTS) is 1. The van der Waals surface area contributed by atoms with Crippen LogP contribution in [0.4, 0.5) is 5.82 Å². The molecule has 1 aromatic carbocycles. The number of hydrogen-bond acceptors (Lipinski definition) is 6. The van der Waals surface area contributed by atoms with E-state index in [1.54, 1.807) is 31.4 Å². The Morgan fingerprint density at radius 2 is 1.92 bits per heavy atom. The molecule has 0 saturated heterocycles. The average molecular weight is 511 g/mol. The van der Waals surface area contributed by atoms with Crippen molar-refractivity contribution in [3.8, 4) is 0 Å². The van der Waals surface area contributed by atoms with Crippen molar-refractivity contribution in [1.29, 1.82) is 0 Å². The summed E-state index contributed by atoms with van der Waals surface area (Å²) in [7, 11) is 1.71. The quantitative estimate of drug-likeness (QED) is 0.309. The number of aromatic nitrogens is 1. The zero-order valence-corrected chi connectivity index (χ0v) is 22.5. The van der Waals surface area contributed by atoms with Gasteiger partial charge in [0.05, 0.1) is 5.60 Å². The molecule has 3 N–H and O–H groups in total. The van der Waals surface area contributed by atoms with E-state index in [-0.39, 0.29) is 11.5 Å². The molecule has 2 aromatic rings. The molecule has 1 unspecified atom stereocenters.